The number of carbonyl (C=O) groups excluding carboxylic acids is 1. The molecule has 1 aromatic heterocycles. The van der Waals surface area contributed by atoms with Gasteiger partial charge in [-0.1, -0.05) is 30.4 Å². The summed E-state index contributed by atoms with van der Waals surface area (Å²) in [6.07, 6.45) is 5.04. The van der Waals surface area contributed by atoms with Gasteiger partial charge in [-0.2, -0.15) is 0 Å². The van der Waals surface area contributed by atoms with Gasteiger partial charge in [-0.25, -0.2) is 0 Å². The SMILES string of the molecule is N[C@@H](CCCCNC(=S)c1ccccc1SC(=O)c1cccnc1)C(=O)O. The summed E-state index contributed by atoms with van der Waals surface area (Å²) in [5.41, 5.74) is 6.80. The molecule has 1 aromatic carbocycles. The number of hydrogen-bond acceptors (Lipinski definition) is 6. The van der Waals surface area contributed by atoms with E-state index >= 15 is 0 Å². The lowest BCUT2D eigenvalue weighted by molar-refractivity contribution is -0.138. The van der Waals surface area contributed by atoms with Gasteiger partial charge in [-0.3, -0.25) is 14.6 Å². The third kappa shape index (κ3) is 6.74. The number of nitrogens with zero attached hydrogens (tertiary/aromatic N) is 1. The number of carboxylic acids is 1. The van der Waals surface area contributed by atoms with Crippen molar-refractivity contribution in [3.63, 3.8) is 0 Å². The molecule has 0 aliphatic carbocycles. The second-order valence-corrected chi connectivity index (χ2v) is 7.25. The fourth-order valence-corrected chi connectivity index (χ4v) is 3.51. The Hall–Kier alpha value is -2.29. The molecule has 0 aliphatic heterocycles. The molecule has 0 bridgehead atoms. The van der Waals surface area contributed by atoms with Crippen LogP contribution >= 0.6 is 24.0 Å². The van der Waals surface area contributed by atoms with E-state index in [1.807, 2.05) is 24.3 Å². The van der Waals surface area contributed by atoms with Gasteiger partial charge in [0.05, 0.1) is 0 Å². The summed E-state index contributed by atoms with van der Waals surface area (Å²) in [6.45, 7) is 0.612. The first-order chi connectivity index (χ1) is 13.0. The van der Waals surface area contributed by atoms with Crippen molar-refractivity contribution in [1.82, 2.24) is 10.3 Å². The number of thiocarbonyl (C=S) groups is 1. The number of nitrogens with two attached hydrogens (primary N) is 1. The van der Waals surface area contributed by atoms with E-state index < -0.39 is 12.0 Å². The second kappa shape index (κ2) is 10.8. The summed E-state index contributed by atoms with van der Waals surface area (Å²) >= 11 is 6.57. The quantitative estimate of drug-likeness (QED) is 0.333. The number of benzene rings is 1. The van der Waals surface area contributed by atoms with E-state index in [0.717, 1.165) is 28.6 Å². The number of aromatic nitrogens is 1. The number of carboxylic acid groups (broad SMARTS) is 1. The zero-order chi connectivity index (χ0) is 19.6. The molecule has 1 atom stereocenters. The smallest absolute Gasteiger partial charge is 0.320 e. The first-order valence-electron chi connectivity index (χ1n) is 8.47. The van der Waals surface area contributed by atoms with Crippen molar-refractivity contribution >= 4 is 40.1 Å². The van der Waals surface area contributed by atoms with Crippen LogP contribution in [0.3, 0.4) is 0 Å². The van der Waals surface area contributed by atoms with Gasteiger partial charge in [0.25, 0.3) is 0 Å². The van der Waals surface area contributed by atoms with E-state index in [1.54, 1.807) is 18.3 Å². The van der Waals surface area contributed by atoms with E-state index in [9.17, 15) is 9.59 Å². The zero-order valence-corrected chi connectivity index (χ0v) is 16.3. The fraction of sp³-hybridized carbons (Fsp3) is 0.263. The van der Waals surface area contributed by atoms with E-state index in [1.165, 1.54) is 6.20 Å². The Bertz CT molecular complexity index is 800. The molecule has 142 valence electrons. The maximum absolute atomic E-state index is 12.4. The van der Waals surface area contributed by atoms with Crippen molar-refractivity contribution in [2.75, 3.05) is 6.54 Å². The Kier molecular flexibility index (Phi) is 8.38. The van der Waals surface area contributed by atoms with Crippen LogP contribution in [0.15, 0.2) is 53.7 Å². The Morgan fingerprint density at radius 1 is 1.22 bits per heavy atom. The van der Waals surface area contributed by atoms with Crippen molar-refractivity contribution in [3.05, 3.63) is 59.9 Å². The lowest BCUT2D eigenvalue weighted by atomic mass is 10.1. The van der Waals surface area contributed by atoms with Crippen LogP contribution in [0.25, 0.3) is 0 Å². The lowest BCUT2D eigenvalue weighted by Gasteiger charge is -2.12. The monoisotopic (exact) mass is 403 g/mol. The molecule has 2 rings (SSSR count). The maximum Gasteiger partial charge on any atom is 0.320 e. The standard InChI is InChI=1S/C19H21N3O3S2/c20-15(18(23)24)8-3-4-11-22-17(26)14-7-1-2-9-16(14)27-19(25)13-6-5-10-21-12-13/h1-2,5-7,9-10,12,15H,3-4,8,11,20H2,(H,22,26)(H,23,24)/t15-/m0/s1. The highest BCUT2D eigenvalue weighted by molar-refractivity contribution is 8.14. The fourth-order valence-electron chi connectivity index (χ4n) is 2.30. The average Bonchev–Trinajstić information content (AvgIpc) is 2.68. The molecule has 0 radical (unpaired) electrons. The lowest BCUT2D eigenvalue weighted by Crippen LogP contribution is -2.30. The van der Waals surface area contributed by atoms with Crippen LogP contribution in [0.1, 0.15) is 35.2 Å². The Morgan fingerprint density at radius 2 is 2.00 bits per heavy atom. The number of aliphatic carboxylic acids is 1. The average molecular weight is 404 g/mol. The van der Waals surface area contributed by atoms with Gasteiger partial charge in [-0.15, -0.1) is 0 Å². The van der Waals surface area contributed by atoms with Gasteiger partial charge in [0.1, 0.15) is 11.0 Å². The molecule has 0 spiro atoms. The minimum atomic E-state index is -0.984. The summed E-state index contributed by atoms with van der Waals surface area (Å²) in [5.74, 6) is -0.984. The molecule has 0 aliphatic rings. The van der Waals surface area contributed by atoms with Crippen LogP contribution in [0.5, 0.6) is 0 Å². The highest BCUT2D eigenvalue weighted by atomic mass is 32.2. The predicted molar refractivity (Wildman–Crippen MR) is 110 cm³/mol. The highest BCUT2D eigenvalue weighted by Gasteiger charge is 2.14. The normalized spacial score (nSPS) is 11.6. The number of carbonyl (C=O) groups is 2. The molecule has 4 N–H and O–H groups in total. The Labute approximate surface area is 167 Å². The zero-order valence-electron chi connectivity index (χ0n) is 14.6. The van der Waals surface area contributed by atoms with Gasteiger partial charge >= 0.3 is 5.97 Å². The van der Waals surface area contributed by atoms with Crippen molar-refractivity contribution in [2.24, 2.45) is 5.73 Å². The van der Waals surface area contributed by atoms with Crippen LogP contribution in [0, 0.1) is 0 Å². The molecule has 2 aromatic rings. The van der Waals surface area contributed by atoms with Crippen LogP contribution < -0.4 is 11.1 Å². The largest absolute Gasteiger partial charge is 0.480 e. The Morgan fingerprint density at radius 3 is 2.70 bits per heavy atom. The molecule has 0 saturated carbocycles. The molecule has 1 heterocycles. The van der Waals surface area contributed by atoms with E-state index in [-0.39, 0.29) is 5.12 Å². The van der Waals surface area contributed by atoms with Crippen LogP contribution in [0.4, 0.5) is 0 Å². The number of thioether (sulfide) groups is 1. The molecule has 0 saturated heterocycles. The first-order valence-corrected chi connectivity index (χ1v) is 9.69. The molecule has 8 heteroatoms. The van der Waals surface area contributed by atoms with Gasteiger partial charge < -0.3 is 16.2 Å². The summed E-state index contributed by atoms with van der Waals surface area (Å²) in [7, 11) is 0. The van der Waals surface area contributed by atoms with E-state index in [2.05, 4.69) is 10.3 Å². The van der Waals surface area contributed by atoms with Crippen molar-refractivity contribution in [2.45, 2.75) is 30.2 Å². The summed E-state index contributed by atoms with van der Waals surface area (Å²) in [6, 6.07) is 10.1. The number of rotatable bonds is 9. The van der Waals surface area contributed by atoms with Crippen molar-refractivity contribution < 1.29 is 14.7 Å². The van der Waals surface area contributed by atoms with Crippen molar-refractivity contribution in [3.8, 4) is 0 Å². The number of pyridine rings is 1. The molecule has 0 unspecified atom stereocenters. The number of hydrogen-bond donors (Lipinski definition) is 3. The van der Waals surface area contributed by atoms with E-state index in [0.29, 0.717) is 29.9 Å². The third-order valence-electron chi connectivity index (χ3n) is 3.78. The van der Waals surface area contributed by atoms with E-state index in [4.69, 9.17) is 23.1 Å². The van der Waals surface area contributed by atoms with Gasteiger partial charge in [0.15, 0.2) is 0 Å². The minimum absolute atomic E-state index is 0.0963. The molecule has 0 amide bonds. The molecular formula is C19H21N3O3S2. The number of nitrogens with one attached hydrogen (secondary N) is 1. The van der Waals surface area contributed by atoms with Crippen LogP contribution in [-0.4, -0.2) is 38.8 Å². The van der Waals surface area contributed by atoms with Gasteiger partial charge in [0, 0.05) is 35.0 Å². The topological polar surface area (TPSA) is 105 Å². The molecule has 0 fully saturated rings. The summed E-state index contributed by atoms with van der Waals surface area (Å²) in [4.78, 5) is 28.4. The molecule has 6 nitrogen and oxygen atoms in total. The summed E-state index contributed by atoms with van der Waals surface area (Å²) in [5, 5.41) is 11.8. The number of unbranched alkanes of at least 4 members (excludes halogenated alkanes) is 1. The third-order valence-corrected chi connectivity index (χ3v) is 5.14. The van der Waals surface area contributed by atoms with Gasteiger partial charge in [-0.05, 0) is 49.2 Å². The van der Waals surface area contributed by atoms with Gasteiger partial charge in [0.2, 0.25) is 5.12 Å². The maximum atomic E-state index is 12.4. The van der Waals surface area contributed by atoms with Crippen LogP contribution in [0.2, 0.25) is 0 Å². The van der Waals surface area contributed by atoms with Crippen LogP contribution in [-0.2, 0) is 4.79 Å². The minimum Gasteiger partial charge on any atom is -0.480 e. The van der Waals surface area contributed by atoms with Crippen molar-refractivity contribution in [1.29, 1.82) is 0 Å². The highest BCUT2D eigenvalue weighted by Crippen LogP contribution is 2.26. The Balaban J connectivity index is 1.89. The molecule has 27 heavy (non-hydrogen) atoms. The first kappa shape index (κ1) is 21.0. The predicted octanol–water partition coefficient (Wildman–Crippen LogP) is 2.86. The second-order valence-electron chi connectivity index (χ2n) is 5.82. The summed E-state index contributed by atoms with van der Waals surface area (Å²) < 4.78 is 0. The molecular weight excluding hydrogens is 382 g/mol.